The standard InChI is InChI=1S/C31H30F3N3O5S/c1-35-22-4-5-24-25(17-37(26(24)15-22)16-21-9-12-43-18-21)30(40,31(32,33)34)19-36-10-7-23(8-11-36)42-27-6-3-20(14-29(38)39)13-28(27)41-2/h3-6,9,12-13,15,17-18,23,40H,7-8,10-11,14,16,19H2,2H3,(H,38,39). The zero-order valence-electron chi connectivity index (χ0n) is 23.3. The molecule has 43 heavy (non-hydrogen) atoms. The molecular weight excluding hydrogens is 583 g/mol. The minimum absolute atomic E-state index is 0.162. The third kappa shape index (κ3) is 6.49. The minimum Gasteiger partial charge on any atom is -0.493 e. The number of halogens is 3. The quantitative estimate of drug-likeness (QED) is 0.206. The largest absolute Gasteiger partial charge is 0.493 e. The van der Waals surface area contributed by atoms with E-state index in [2.05, 4.69) is 4.85 Å². The number of fused-ring (bicyclic) bond motifs is 1. The van der Waals surface area contributed by atoms with Gasteiger partial charge in [0.2, 0.25) is 5.60 Å². The van der Waals surface area contributed by atoms with Crippen molar-refractivity contribution >= 4 is 33.9 Å². The number of β-amino-alcohol motifs (C(OH)–C–C–N with tert-alkyl or cyclic N) is 1. The second-order valence-electron chi connectivity index (χ2n) is 10.6. The van der Waals surface area contributed by atoms with Gasteiger partial charge in [-0.25, -0.2) is 4.85 Å². The molecule has 226 valence electrons. The van der Waals surface area contributed by atoms with Gasteiger partial charge in [0.05, 0.1) is 20.1 Å². The van der Waals surface area contributed by atoms with Crippen LogP contribution in [-0.4, -0.2) is 64.7 Å². The third-order valence-electron chi connectivity index (χ3n) is 7.71. The number of methoxy groups -OCH3 is 1. The number of alkyl halides is 3. The van der Waals surface area contributed by atoms with Crippen LogP contribution in [0.5, 0.6) is 11.5 Å². The van der Waals surface area contributed by atoms with Crippen LogP contribution in [0.4, 0.5) is 18.9 Å². The number of likely N-dealkylation sites (tertiary alicyclic amines) is 1. The Kier molecular flexibility index (Phi) is 8.69. The van der Waals surface area contributed by atoms with Crippen molar-refractivity contribution in [2.45, 2.75) is 43.7 Å². The molecule has 0 saturated carbocycles. The summed E-state index contributed by atoms with van der Waals surface area (Å²) in [6, 6.07) is 11.3. The van der Waals surface area contributed by atoms with Crippen molar-refractivity contribution in [1.29, 1.82) is 0 Å². The van der Waals surface area contributed by atoms with Gasteiger partial charge in [-0.1, -0.05) is 18.2 Å². The van der Waals surface area contributed by atoms with E-state index in [9.17, 15) is 23.1 Å². The number of ether oxygens (including phenoxy) is 2. The van der Waals surface area contributed by atoms with Crippen LogP contribution >= 0.6 is 11.3 Å². The van der Waals surface area contributed by atoms with E-state index >= 15 is 0 Å². The van der Waals surface area contributed by atoms with Gasteiger partial charge in [0, 0.05) is 48.8 Å². The second-order valence-corrected chi connectivity index (χ2v) is 11.4. The molecule has 5 rings (SSSR count). The number of benzene rings is 2. The Hall–Kier alpha value is -4.05. The zero-order chi connectivity index (χ0) is 30.8. The normalized spacial score (nSPS) is 16.1. The van der Waals surface area contributed by atoms with Crippen LogP contribution < -0.4 is 9.47 Å². The molecule has 4 aromatic rings. The zero-order valence-corrected chi connectivity index (χ0v) is 24.1. The summed E-state index contributed by atoms with van der Waals surface area (Å²) in [4.78, 5) is 16.1. The molecule has 0 bridgehead atoms. The number of thiophene rings is 1. The molecular formula is C31H30F3N3O5S. The molecule has 1 fully saturated rings. The fraction of sp³-hybridized carbons (Fsp3) is 0.355. The molecule has 2 aromatic carbocycles. The molecule has 3 heterocycles. The van der Waals surface area contributed by atoms with Crippen LogP contribution in [0.15, 0.2) is 59.4 Å². The highest BCUT2D eigenvalue weighted by Crippen LogP contribution is 2.44. The maximum Gasteiger partial charge on any atom is 0.422 e. The summed E-state index contributed by atoms with van der Waals surface area (Å²) < 4.78 is 57.4. The predicted octanol–water partition coefficient (Wildman–Crippen LogP) is 6.23. The van der Waals surface area contributed by atoms with E-state index in [1.807, 2.05) is 16.8 Å². The molecule has 1 saturated heterocycles. The Bertz CT molecular complexity index is 1640. The van der Waals surface area contributed by atoms with Crippen LogP contribution in [0.25, 0.3) is 15.7 Å². The van der Waals surface area contributed by atoms with Gasteiger partial charge in [0.25, 0.3) is 0 Å². The average molecular weight is 614 g/mol. The third-order valence-corrected chi connectivity index (χ3v) is 8.44. The topological polar surface area (TPSA) is 88.5 Å². The SMILES string of the molecule is [C-]#[N+]c1ccc2c(C(O)(CN3CCC(Oc4ccc(CC(=O)O)cc4OC)CC3)C(F)(F)F)cn(Cc3ccsc3)c2c1. The Morgan fingerprint density at radius 2 is 1.88 bits per heavy atom. The predicted molar refractivity (Wildman–Crippen MR) is 156 cm³/mol. The maximum absolute atomic E-state index is 14.8. The fourth-order valence-corrected chi connectivity index (χ4v) is 6.16. The summed E-state index contributed by atoms with van der Waals surface area (Å²) >= 11 is 1.48. The van der Waals surface area contributed by atoms with Crippen molar-refractivity contribution in [3.8, 4) is 11.5 Å². The van der Waals surface area contributed by atoms with Crippen LogP contribution in [0, 0.1) is 6.57 Å². The smallest absolute Gasteiger partial charge is 0.422 e. The van der Waals surface area contributed by atoms with E-state index in [0.29, 0.717) is 47.7 Å². The number of aromatic nitrogens is 1. The summed E-state index contributed by atoms with van der Waals surface area (Å²) in [5.74, 6) is -0.158. The summed E-state index contributed by atoms with van der Waals surface area (Å²) in [6.45, 7) is 7.54. The van der Waals surface area contributed by atoms with E-state index in [4.69, 9.17) is 21.2 Å². The molecule has 0 aliphatic carbocycles. The van der Waals surface area contributed by atoms with Crippen molar-refractivity contribution in [2.24, 2.45) is 0 Å². The molecule has 2 aromatic heterocycles. The molecule has 0 amide bonds. The first-order valence-electron chi connectivity index (χ1n) is 13.6. The molecule has 0 radical (unpaired) electrons. The van der Waals surface area contributed by atoms with Gasteiger partial charge < -0.3 is 24.3 Å². The molecule has 1 unspecified atom stereocenters. The summed E-state index contributed by atoms with van der Waals surface area (Å²) in [6.07, 6.45) is -3.23. The van der Waals surface area contributed by atoms with Crippen LogP contribution in [-0.2, 0) is 23.4 Å². The van der Waals surface area contributed by atoms with Gasteiger partial charge in [-0.15, -0.1) is 0 Å². The van der Waals surface area contributed by atoms with Gasteiger partial charge in [-0.05, 0) is 59.0 Å². The highest BCUT2D eigenvalue weighted by molar-refractivity contribution is 7.07. The fourth-order valence-electron chi connectivity index (χ4n) is 5.50. The number of piperidine rings is 1. The second kappa shape index (κ2) is 12.3. The van der Waals surface area contributed by atoms with Crippen LogP contribution in [0.2, 0.25) is 0 Å². The first-order valence-corrected chi connectivity index (χ1v) is 14.5. The van der Waals surface area contributed by atoms with Crippen molar-refractivity contribution in [3.63, 3.8) is 0 Å². The number of carbonyl (C=O) groups is 1. The molecule has 1 atom stereocenters. The van der Waals surface area contributed by atoms with E-state index in [1.165, 1.54) is 36.8 Å². The van der Waals surface area contributed by atoms with Crippen molar-refractivity contribution < 1.29 is 37.7 Å². The van der Waals surface area contributed by atoms with E-state index in [-0.39, 0.29) is 36.6 Å². The van der Waals surface area contributed by atoms with Gasteiger partial charge in [-0.2, -0.15) is 24.5 Å². The lowest BCUT2D eigenvalue weighted by Crippen LogP contribution is -2.53. The molecule has 2 N–H and O–H groups in total. The van der Waals surface area contributed by atoms with E-state index in [1.54, 1.807) is 33.7 Å². The first kappa shape index (κ1) is 30.4. The number of carboxylic acid groups (broad SMARTS) is 1. The van der Waals surface area contributed by atoms with Gasteiger partial charge in [0.15, 0.2) is 17.2 Å². The van der Waals surface area contributed by atoms with Crippen molar-refractivity contribution in [1.82, 2.24) is 9.47 Å². The summed E-state index contributed by atoms with van der Waals surface area (Å²) in [7, 11) is 1.45. The molecule has 8 nitrogen and oxygen atoms in total. The highest BCUT2D eigenvalue weighted by atomic mass is 32.1. The molecule has 0 spiro atoms. The maximum atomic E-state index is 14.8. The molecule has 1 aliphatic rings. The average Bonchev–Trinajstić information content (AvgIpc) is 3.62. The lowest BCUT2D eigenvalue weighted by atomic mass is 9.91. The Balaban J connectivity index is 1.36. The number of nitrogens with zero attached hydrogens (tertiary/aromatic N) is 3. The van der Waals surface area contributed by atoms with Gasteiger partial charge in [-0.3, -0.25) is 9.69 Å². The summed E-state index contributed by atoms with van der Waals surface area (Å²) in [5, 5.41) is 24.5. The molecule has 1 aliphatic heterocycles. The van der Waals surface area contributed by atoms with Crippen molar-refractivity contribution in [2.75, 3.05) is 26.7 Å². The Morgan fingerprint density at radius 1 is 1.12 bits per heavy atom. The van der Waals surface area contributed by atoms with E-state index < -0.39 is 24.3 Å². The van der Waals surface area contributed by atoms with Crippen LogP contribution in [0.3, 0.4) is 0 Å². The monoisotopic (exact) mass is 613 g/mol. The number of hydrogen-bond donors (Lipinski definition) is 2. The van der Waals surface area contributed by atoms with Crippen LogP contribution in [0.1, 0.15) is 29.5 Å². The van der Waals surface area contributed by atoms with Gasteiger partial charge in [0.1, 0.15) is 6.10 Å². The molecule has 12 heteroatoms. The summed E-state index contributed by atoms with van der Waals surface area (Å²) in [5.41, 5.74) is -1.18. The number of hydrogen-bond acceptors (Lipinski definition) is 6. The van der Waals surface area contributed by atoms with E-state index in [0.717, 1.165) is 5.56 Å². The number of aliphatic hydroxyl groups is 1. The van der Waals surface area contributed by atoms with Crippen molar-refractivity contribution in [3.05, 3.63) is 87.5 Å². The lowest BCUT2D eigenvalue weighted by molar-refractivity contribution is -0.272. The number of rotatable bonds is 10. The lowest BCUT2D eigenvalue weighted by Gasteiger charge is -2.39. The van der Waals surface area contributed by atoms with Gasteiger partial charge >= 0.3 is 12.1 Å². The Morgan fingerprint density at radius 3 is 2.51 bits per heavy atom. The Labute approximate surface area is 250 Å². The number of carboxylic acids is 1. The number of aliphatic carboxylic acids is 1. The first-order chi connectivity index (χ1) is 20.5. The highest BCUT2D eigenvalue weighted by Gasteiger charge is 2.57. The minimum atomic E-state index is -4.97.